The van der Waals surface area contributed by atoms with Gasteiger partial charge in [0.15, 0.2) is 5.84 Å². The van der Waals surface area contributed by atoms with Crippen molar-refractivity contribution in [2.24, 2.45) is 4.99 Å². The Hall–Kier alpha value is -6.85. The molecule has 0 fully saturated rings. The zero-order chi connectivity index (χ0) is 38.6. The van der Waals surface area contributed by atoms with E-state index >= 15 is 0 Å². The largest absolute Gasteiger partial charge is 0.310 e. The van der Waals surface area contributed by atoms with Gasteiger partial charge >= 0.3 is 0 Å². The molecule has 0 aliphatic carbocycles. The van der Waals surface area contributed by atoms with Crippen molar-refractivity contribution >= 4 is 51.4 Å². The van der Waals surface area contributed by atoms with Crippen molar-refractivity contribution < 1.29 is 0 Å². The monoisotopic (exact) mass is 725 g/mol. The predicted molar refractivity (Wildman–Crippen MR) is 233 cm³/mol. The molecule has 0 aromatic heterocycles. The highest BCUT2D eigenvalue weighted by Crippen LogP contribution is 2.53. The molecule has 2 aliphatic rings. The van der Waals surface area contributed by atoms with E-state index in [1.807, 2.05) is 54.6 Å². The van der Waals surface area contributed by atoms with Crippen molar-refractivity contribution in [1.82, 2.24) is 0 Å². The molecule has 0 spiro atoms. The Balaban J connectivity index is 1.18. The zero-order valence-corrected chi connectivity index (χ0v) is 32.1. The summed E-state index contributed by atoms with van der Waals surface area (Å²) in [6, 6.07) is 60.4. The Morgan fingerprint density at radius 2 is 0.768 bits per heavy atom. The van der Waals surface area contributed by atoms with Gasteiger partial charge in [0.2, 0.25) is 0 Å². The molecule has 0 bridgehead atoms. The highest BCUT2D eigenvalue weighted by molar-refractivity contribution is 6.54. The van der Waals surface area contributed by atoms with Gasteiger partial charge in [-0.2, -0.15) is 0 Å². The first-order valence-corrected chi connectivity index (χ1v) is 19.2. The van der Waals surface area contributed by atoms with Gasteiger partial charge in [0.1, 0.15) is 0 Å². The number of fused-ring (bicyclic) bond motifs is 4. The van der Waals surface area contributed by atoms with E-state index in [0.29, 0.717) is 16.8 Å². The summed E-state index contributed by atoms with van der Waals surface area (Å²) in [5.74, 6) is 0.100. The van der Waals surface area contributed by atoms with Gasteiger partial charge in [-0.25, -0.2) is 4.99 Å². The van der Waals surface area contributed by atoms with E-state index in [-0.39, 0.29) is 22.4 Å². The minimum atomic E-state index is -0.184. The normalized spacial score (nSPS) is 14.9. The van der Waals surface area contributed by atoms with Crippen LogP contribution in [0, 0.1) is 10.8 Å². The third kappa shape index (κ3) is 5.66. The molecule has 5 nitrogen and oxygen atoms in total. The first-order chi connectivity index (χ1) is 27.1. The lowest BCUT2D eigenvalue weighted by molar-refractivity contribution is 0.631. The fraction of sp³-hybridized carbons (Fsp3) is 0.118. The summed E-state index contributed by atoms with van der Waals surface area (Å²) in [5, 5.41) is 19.0. The summed E-state index contributed by atoms with van der Waals surface area (Å²) in [7, 11) is 0. The van der Waals surface area contributed by atoms with Crippen molar-refractivity contribution in [3.63, 3.8) is 0 Å². The number of aliphatic imine (C=N–C) groups is 1. The molecule has 0 unspecified atom stereocenters. The second-order valence-corrected chi connectivity index (χ2v) is 15.6. The number of para-hydroxylation sites is 4. The zero-order valence-electron chi connectivity index (χ0n) is 32.1. The number of benzene rings is 7. The molecule has 2 heterocycles. The molecule has 7 aromatic rings. The van der Waals surface area contributed by atoms with Gasteiger partial charge in [-0.15, -0.1) is 0 Å². The molecule has 0 atom stereocenters. The van der Waals surface area contributed by atoms with Crippen LogP contribution in [0.15, 0.2) is 181 Å². The van der Waals surface area contributed by atoms with E-state index in [4.69, 9.17) is 10.4 Å². The van der Waals surface area contributed by atoms with Crippen LogP contribution in [0.1, 0.15) is 66.6 Å². The van der Waals surface area contributed by atoms with Crippen LogP contribution in [-0.2, 0) is 10.8 Å². The number of nitrogens with one attached hydrogen (secondary N) is 2. The molecule has 0 amide bonds. The van der Waals surface area contributed by atoms with Gasteiger partial charge in [-0.05, 0) is 70.8 Å². The average Bonchev–Trinajstić information content (AvgIpc) is 3.23. The lowest BCUT2D eigenvalue weighted by atomic mass is 9.73. The Morgan fingerprint density at radius 1 is 0.411 bits per heavy atom. The maximum absolute atomic E-state index is 9.89. The van der Waals surface area contributed by atoms with Crippen LogP contribution < -0.4 is 9.80 Å². The average molecular weight is 726 g/mol. The van der Waals surface area contributed by atoms with Gasteiger partial charge in [0, 0.05) is 38.9 Å². The Kier molecular flexibility index (Phi) is 8.39. The van der Waals surface area contributed by atoms with Crippen LogP contribution in [0.5, 0.6) is 0 Å². The maximum Gasteiger partial charge on any atom is 0.152 e. The van der Waals surface area contributed by atoms with E-state index in [0.717, 1.165) is 39.7 Å². The number of hydrogen-bond acceptors (Lipinski definition) is 4. The van der Waals surface area contributed by atoms with E-state index in [2.05, 4.69) is 159 Å². The molecule has 5 heteroatoms. The van der Waals surface area contributed by atoms with Crippen molar-refractivity contribution in [3.05, 3.63) is 215 Å². The Bertz CT molecular complexity index is 2610. The lowest BCUT2D eigenvalue weighted by Crippen LogP contribution is -2.30. The summed E-state index contributed by atoms with van der Waals surface area (Å²) in [6.07, 6.45) is 0. The maximum atomic E-state index is 9.89. The van der Waals surface area contributed by atoms with Crippen LogP contribution in [0.25, 0.3) is 0 Å². The van der Waals surface area contributed by atoms with Crippen LogP contribution in [-0.4, -0.2) is 17.3 Å². The van der Waals surface area contributed by atoms with E-state index in [1.54, 1.807) is 0 Å². The second-order valence-electron chi connectivity index (χ2n) is 15.6. The van der Waals surface area contributed by atoms with Crippen LogP contribution >= 0.6 is 0 Å². The van der Waals surface area contributed by atoms with Gasteiger partial charge in [-0.3, -0.25) is 10.8 Å². The molecule has 0 saturated carbocycles. The van der Waals surface area contributed by atoms with Gasteiger partial charge < -0.3 is 9.80 Å². The molecule has 0 saturated heterocycles. The molecule has 2 aliphatic heterocycles. The fourth-order valence-electron chi connectivity index (χ4n) is 8.66. The van der Waals surface area contributed by atoms with Crippen molar-refractivity contribution in [2.75, 3.05) is 9.80 Å². The molecule has 9 rings (SSSR count). The molecule has 56 heavy (non-hydrogen) atoms. The second kappa shape index (κ2) is 13.5. The summed E-state index contributed by atoms with van der Waals surface area (Å²) < 4.78 is 0. The number of hydrogen-bond donors (Lipinski definition) is 2. The number of anilines is 6. The molecular weight excluding hydrogens is 683 g/mol. The van der Waals surface area contributed by atoms with Crippen molar-refractivity contribution in [3.8, 4) is 0 Å². The highest BCUT2D eigenvalue weighted by atomic mass is 15.2. The summed E-state index contributed by atoms with van der Waals surface area (Å²) >= 11 is 0. The standard InChI is InChI=1S/C51H43N5/c1-50(2)39-24-8-12-28-43(39)55(44-29-13-9-25-40(44)50)37-22-16-20-35(32-37)47(52)48(54-49(53)34-18-6-5-7-19-34)36-21-17-23-38(33-36)56-45-30-14-10-26-41(45)51(3,4)42-27-11-15-31-46(42)56/h5-33,52-53H,1-4H3. The third-order valence-electron chi connectivity index (χ3n) is 11.6. The Morgan fingerprint density at radius 3 is 1.21 bits per heavy atom. The molecule has 7 aromatic carbocycles. The van der Waals surface area contributed by atoms with Gasteiger partial charge in [-0.1, -0.05) is 155 Å². The minimum Gasteiger partial charge on any atom is -0.310 e. The number of rotatable bonds is 6. The first kappa shape index (κ1) is 34.9. The lowest BCUT2D eigenvalue weighted by Gasteiger charge is -2.42. The van der Waals surface area contributed by atoms with Gasteiger partial charge in [0.25, 0.3) is 0 Å². The quantitative estimate of drug-likeness (QED) is 0.132. The number of amidine groups is 1. The number of nitrogens with zero attached hydrogens (tertiary/aromatic N) is 3. The summed E-state index contributed by atoms with van der Waals surface area (Å²) in [4.78, 5) is 9.59. The topological polar surface area (TPSA) is 66.5 Å². The summed E-state index contributed by atoms with van der Waals surface area (Å²) in [6.45, 7) is 9.15. The Labute approximate surface area is 329 Å². The van der Waals surface area contributed by atoms with E-state index < -0.39 is 0 Å². The van der Waals surface area contributed by atoms with Crippen LogP contribution in [0.4, 0.5) is 34.1 Å². The molecule has 2 N–H and O–H groups in total. The predicted octanol–water partition coefficient (Wildman–Crippen LogP) is 12.8. The molecular formula is C51H43N5. The van der Waals surface area contributed by atoms with Crippen molar-refractivity contribution in [1.29, 1.82) is 10.8 Å². The van der Waals surface area contributed by atoms with E-state index in [1.165, 1.54) is 22.3 Å². The smallest absolute Gasteiger partial charge is 0.152 e. The molecule has 272 valence electrons. The van der Waals surface area contributed by atoms with Crippen molar-refractivity contribution in [2.45, 2.75) is 38.5 Å². The summed E-state index contributed by atoms with van der Waals surface area (Å²) in [5.41, 5.74) is 13.9. The van der Waals surface area contributed by atoms with Crippen LogP contribution in [0.2, 0.25) is 0 Å². The van der Waals surface area contributed by atoms with Gasteiger partial charge in [0.05, 0.1) is 34.2 Å². The SMILES string of the molecule is CC1(C)c2ccccc2N(c2cccc(C(=N)C(=NC(=N)c3ccccc3)c3cccc(N4c5ccccc5C(C)(C)c5ccccc54)c3)c2)c2ccccc21. The fourth-order valence-corrected chi connectivity index (χ4v) is 8.66. The first-order valence-electron chi connectivity index (χ1n) is 19.2. The van der Waals surface area contributed by atoms with Crippen LogP contribution in [0.3, 0.4) is 0 Å². The minimum absolute atomic E-state index is 0.100. The van der Waals surface area contributed by atoms with E-state index in [9.17, 15) is 5.41 Å². The highest BCUT2D eigenvalue weighted by Gasteiger charge is 2.38. The molecule has 0 radical (unpaired) electrons. The third-order valence-corrected chi connectivity index (χ3v) is 11.6.